The van der Waals surface area contributed by atoms with Gasteiger partial charge in [-0.25, -0.2) is 9.67 Å². The number of nitrogens with one attached hydrogen (secondary N) is 1. The molecule has 94 valence electrons. The number of carbonyl (C=O) groups excluding carboxylic acids is 1. The van der Waals surface area contributed by atoms with Crippen LogP contribution >= 0.6 is 0 Å². The molecule has 3 N–H and O–H groups in total. The Balaban J connectivity index is 2.14. The monoisotopic (exact) mass is 237 g/mol. The highest BCUT2D eigenvalue weighted by Crippen LogP contribution is 2.37. The zero-order valence-electron chi connectivity index (χ0n) is 10.3. The fourth-order valence-corrected chi connectivity index (χ4v) is 2.63. The van der Waals surface area contributed by atoms with Crippen LogP contribution in [0.3, 0.4) is 0 Å². The lowest BCUT2D eigenvalue weighted by Crippen LogP contribution is -2.56. The van der Waals surface area contributed by atoms with Crippen LogP contribution < -0.4 is 11.1 Å². The Hall–Kier alpha value is -1.43. The van der Waals surface area contributed by atoms with Crippen molar-refractivity contribution in [3.63, 3.8) is 0 Å². The molecule has 0 bridgehead atoms. The molecule has 17 heavy (non-hydrogen) atoms. The van der Waals surface area contributed by atoms with Crippen LogP contribution in [0.5, 0.6) is 0 Å². The molecule has 0 spiro atoms. The normalized spacial score (nSPS) is 28.8. The van der Waals surface area contributed by atoms with Gasteiger partial charge in [0.25, 0.3) is 0 Å². The second kappa shape index (κ2) is 4.44. The van der Waals surface area contributed by atoms with E-state index in [-0.39, 0.29) is 18.0 Å². The molecule has 2 unspecified atom stereocenters. The van der Waals surface area contributed by atoms with E-state index in [0.29, 0.717) is 6.42 Å². The highest BCUT2D eigenvalue weighted by molar-refractivity contribution is 5.85. The topological polar surface area (TPSA) is 85.8 Å². The first kappa shape index (κ1) is 12.0. The van der Waals surface area contributed by atoms with Gasteiger partial charge in [-0.15, -0.1) is 0 Å². The molecule has 1 fully saturated rings. The molecule has 0 saturated heterocycles. The van der Waals surface area contributed by atoms with Crippen LogP contribution in [0.1, 0.15) is 39.2 Å². The molecule has 0 aliphatic heterocycles. The van der Waals surface area contributed by atoms with E-state index in [1.807, 2.05) is 18.5 Å². The van der Waals surface area contributed by atoms with Crippen molar-refractivity contribution >= 4 is 5.91 Å². The first-order valence-electron chi connectivity index (χ1n) is 5.95. The first-order valence-corrected chi connectivity index (χ1v) is 5.95. The number of amides is 1. The van der Waals surface area contributed by atoms with E-state index in [1.54, 1.807) is 6.33 Å². The Labute approximate surface area is 101 Å². The fraction of sp³-hybridized carbons (Fsp3) is 0.727. The van der Waals surface area contributed by atoms with Gasteiger partial charge in [-0.3, -0.25) is 4.79 Å². The van der Waals surface area contributed by atoms with Crippen LogP contribution in [0.2, 0.25) is 0 Å². The van der Waals surface area contributed by atoms with Crippen molar-refractivity contribution in [2.24, 2.45) is 5.73 Å². The molecule has 0 radical (unpaired) electrons. The minimum absolute atomic E-state index is 0.205. The molecule has 1 saturated carbocycles. The molecule has 2 atom stereocenters. The molecule has 1 aliphatic carbocycles. The average molecular weight is 237 g/mol. The van der Waals surface area contributed by atoms with Crippen LogP contribution in [0, 0.1) is 0 Å². The van der Waals surface area contributed by atoms with Gasteiger partial charge in [0, 0.05) is 6.04 Å². The lowest BCUT2D eigenvalue weighted by Gasteiger charge is -2.29. The summed E-state index contributed by atoms with van der Waals surface area (Å²) in [7, 11) is 0. The first-order chi connectivity index (χ1) is 8.03. The quantitative estimate of drug-likeness (QED) is 0.784. The SMILES string of the molecule is CC(C)NC1(C(N)=O)CCC(n2cncn2)C1. The van der Waals surface area contributed by atoms with E-state index in [1.165, 1.54) is 6.33 Å². The summed E-state index contributed by atoms with van der Waals surface area (Å²) in [6.07, 6.45) is 5.54. The van der Waals surface area contributed by atoms with Gasteiger partial charge < -0.3 is 11.1 Å². The highest BCUT2D eigenvalue weighted by Gasteiger charge is 2.45. The van der Waals surface area contributed by atoms with Crippen molar-refractivity contribution in [3.05, 3.63) is 12.7 Å². The highest BCUT2D eigenvalue weighted by atomic mass is 16.1. The third-order valence-electron chi connectivity index (χ3n) is 3.34. The van der Waals surface area contributed by atoms with Crippen molar-refractivity contribution in [2.45, 2.75) is 50.7 Å². The molecule has 1 aliphatic rings. The Morgan fingerprint density at radius 3 is 2.94 bits per heavy atom. The van der Waals surface area contributed by atoms with E-state index >= 15 is 0 Å². The van der Waals surface area contributed by atoms with Crippen LogP contribution in [-0.4, -0.2) is 32.3 Å². The molecule has 0 aromatic carbocycles. The van der Waals surface area contributed by atoms with Crippen molar-refractivity contribution < 1.29 is 4.79 Å². The van der Waals surface area contributed by atoms with Crippen molar-refractivity contribution in [1.29, 1.82) is 0 Å². The second-order valence-corrected chi connectivity index (χ2v) is 5.02. The zero-order valence-corrected chi connectivity index (χ0v) is 10.3. The van der Waals surface area contributed by atoms with Crippen LogP contribution in [0.15, 0.2) is 12.7 Å². The summed E-state index contributed by atoms with van der Waals surface area (Å²) in [5.41, 5.74) is 4.96. The third kappa shape index (κ3) is 2.31. The van der Waals surface area contributed by atoms with Gasteiger partial charge in [0.05, 0.1) is 11.6 Å². The number of hydrogen-bond acceptors (Lipinski definition) is 4. The Kier molecular flexibility index (Phi) is 3.15. The van der Waals surface area contributed by atoms with E-state index in [4.69, 9.17) is 5.73 Å². The number of nitrogens with two attached hydrogens (primary N) is 1. The van der Waals surface area contributed by atoms with Gasteiger partial charge in [-0.05, 0) is 33.1 Å². The minimum Gasteiger partial charge on any atom is -0.368 e. The Morgan fingerprint density at radius 2 is 2.41 bits per heavy atom. The van der Waals surface area contributed by atoms with Gasteiger partial charge >= 0.3 is 0 Å². The maximum absolute atomic E-state index is 11.7. The number of rotatable bonds is 4. The predicted octanol–water partition coefficient (Wildman–Crippen LogP) is 0.225. The third-order valence-corrected chi connectivity index (χ3v) is 3.34. The standard InChI is InChI=1S/C11H19N5O/c1-8(2)15-11(10(12)17)4-3-9(5-11)16-7-13-6-14-16/h6-9,15H,3-5H2,1-2H3,(H2,12,17). The number of primary amides is 1. The molecule has 6 nitrogen and oxygen atoms in total. The molecular formula is C11H19N5O. The van der Waals surface area contributed by atoms with E-state index in [9.17, 15) is 4.79 Å². The van der Waals surface area contributed by atoms with Crippen molar-refractivity contribution in [2.75, 3.05) is 0 Å². The zero-order chi connectivity index (χ0) is 12.5. The molecule has 1 aromatic rings. The predicted molar refractivity (Wildman–Crippen MR) is 63.1 cm³/mol. The number of aromatic nitrogens is 3. The maximum atomic E-state index is 11.7. The summed E-state index contributed by atoms with van der Waals surface area (Å²) in [5, 5.41) is 7.44. The summed E-state index contributed by atoms with van der Waals surface area (Å²) >= 11 is 0. The van der Waals surface area contributed by atoms with Crippen LogP contribution in [0.4, 0.5) is 0 Å². The summed E-state index contributed by atoms with van der Waals surface area (Å²) in [5.74, 6) is -0.270. The average Bonchev–Trinajstić information content (AvgIpc) is 2.84. The largest absolute Gasteiger partial charge is 0.368 e. The summed E-state index contributed by atoms with van der Waals surface area (Å²) in [4.78, 5) is 15.6. The molecule has 1 aromatic heterocycles. The minimum atomic E-state index is -0.592. The van der Waals surface area contributed by atoms with Gasteiger partial charge in [-0.2, -0.15) is 5.10 Å². The van der Waals surface area contributed by atoms with E-state index in [0.717, 1.165) is 12.8 Å². The maximum Gasteiger partial charge on any atom is 0.237 e. The molecule has 2 rings (SSSR count). The fourth-order valence-electron chi connectivity index (χ4n) is 2.63. The number of nitrogens with zero attached hydrogens (tertiary/aromatic N) is 3. The summed E-state index contributed by atoms with van der Waals surface area (Å²) in [6, 6.07) is 0.438. The molecule has 6 heteroatoms. The Morgan fingerprint density at radius 1 is 1.65 bits per heavy atom. The number of carbonyl (C=O) groups is 1. The smallest absolute Gasteiger partial charge is 0.237 e. The number of hydrogen-bond donors (Lipinski definition) is 2. The van der Waals surface area contributed by atoms with Gasteiger partial charge in [0.1, 0.15) is 12.7 Å². The van der Waals surface area contributed by atoms with Crippen molar-refractivity contribution in [1.82, 2.24) is 20.1 Å². The van der Waals surface area contributed by atoms with Gasteiger partial charge in [0.15, 0.2) is 0 Å². The van der Waals surface area contributed by atoms with Crippen LogP contribution in [0.25, 0.3) is 0 Å². The van der Waals surface area contributed by atoms with E-state index < -0.39 is 5.54 Å². The van der Waals surface area contributed by atoms with Crippen molar-refractivity contribution in [3.8, 4) is 0 Å². The molecule has 1 amide bonds. The Bertz CT molecular complexity index is 389. The summed E-state index contributed by atoms with van der Waals surface area (Å²) in [6.45, 7) is 4.04. The lowest BCUT2D eigenvalue weighted by atomic mass is 9.95. The molecule has 1 heterocycles. The second-order valence-electron chi connectivity index (χ2n) is 5.02. The van der Waals surface area contributed by atoms with E-state index in [2.05, 4.69) is 15.4 Å². The van der Waals surface area contributed by atoms with Gasteiger partial charge in [-0.1, -0.05) is 0 Å². The molecular weight excluding hydrogens is 218 g/mol. The lowest BCUT2D eigenvalue weighted by molar-refractivity contribution is -0.124. The van der Waals surface area contributed by atoms with Gasteiger partial charge in [0.2, 0.25) is 5.91 Å². The summed E-state index contributed by atoms with van der Waals surface area (Å²) < 4.78 is 1.81. The van der Waals surface area contributed by atoms with Crippen LogP contribution in [-0.2, 0) is 4.79 Å².